The van der Waals surface area contributed by atoms with Gasteiger partial charge in [-0.1, -0.05) is 37.6 Å². The second kappa shape index (κ2) is 5.51. The van der Waals surface area contributed by atoms with Crippen molar-refractivity contribution in [1.29, 1.82) is 0 Å². The normalized spacial score (nSPS) is 18.7. The van der Waals surface area contributed by atoms with Crippen LogP contribution in [-0.2, 0) is 10.4 Å². The molecule has 0 aromatic heterocycles. The lowest BCUT2D eigenvalue weighted by molar-refractivity contribution is -0.139. The summed E-state index contributed by atoms with van der Waals surface area (Å²) in [5.74, 6) is 0.180. The summed E-state index contributed by atoms with van der Waals surface area (Å²) in [6.45, 7) is 5.02. The number of piperidine rings is 1. The molecule has 0 atom stereocenters. The number of nitrogens with zero attached hydrogens (tertiary/aromatic N) is 1. The third kappa shape index (κ3) is 3.10. The molecule has 1 aliphatic heterocycles. The number of hydrogen-bond acceptors (Lipinski definition) is 2. The maximum atomic E-state index is 11.9. The first-order valence-electron chi connectivity index (χ1n) is 6.69. The van der Waals surface area contributed by atoms with E-state index in [2.05, 4.69) is 0 Å². The van der Waals surface area contributed by atoms with Crippen molar-refractivity contribution in [3.05, 3.63) is 34.9 Å². The monoisotopic (exact) mass is 281 g/mol. The molecule has 1 fully saturated rings. The summed E-state index contributed by atoms with van der Waals surface area (Å²) in [6.07, 6.45) is 1.15. The third-order valence-electron chi connectivity index (χ3n) is 3.78. The zero-order chi connectivity index (χ0) is 14.0. The van der Waals surface area contributed by atoms with Gasteiger partial charge in [0.1, 0.15) is 0 Å². The fourth-order valence-corrected chi connectivity index (χ4v) is 2.64. The predicted octanol–water partition coefficient (Wildman–Crippen LogP) is 2.81. The first-order valence-corrected chi connectivity index (χ1v) is 7.07. The van der Waals surface area contributed by atoms with E-state index in [1.165, 1.54) is 0 Å². The molecule has 1 aliphatic rings. The molecule has 104 valence electrons. The van der Waals surface area contributed by atoms with Crippen LogP contribution in [0.15, 0.2) is 24.3 Å². The maximum absolute atomic E-state index is 11.9. The van der Waals surface area contributed by atoms with Gasteiger partial charge in [0.15, 0.2) is 0 Å². The van der Waals surface area contributed by atoms with Crippen LogP contribution in [0.5, 0.6) is 0 Å². The highest BCUT2D eigenvalue weighted by atomic mass is 35.5. The number of halogens is 1. The first-order chi connectivity index (χ1) is 8.92. The van der Waals surface area contributed by atoms with E-state index in [1.54, 1.807) is 12.1 Å². The number of likely N-dealkylation sites (tertiary alicyclic amines) is 1. The number of rotatable bonds is 2. The predicted molar refractivity (Wildman–Crippen MR) is 76.0 cm³/mol. The Bertz CT molecular complexity index is 448. The fraction of sp³-hybridized carbons (Fsp3) is 0.533. The summed E-state index contributed by atoms with van der Waals surface area (Å²) in [6, 6.07) is 7.31. The molecule has 0 radical (unpaired) electrons. The zero-order valence-electron chi connectivity index (χ0n) is 11.4. The van der Waals surface area contributed by atoms with E-state index in [0.717, 1.165) is 5.56 Å². The van der Waals surface area contributed by atoms with Gasteiger partial charge in [-0.2, -0.15) is 0 Å². The van der Waals surface area contributed by atoms with Gasteiger partial charge in [-0.15, -0.1) is 0 Å². The number of aliphatic hydroxyl groups is 1. The molecule has 4 heteroatoms. The molecule has 1 saturated heterocycles. The Morgan fingerprint density at radius 2 is 1.79 bits per heavy atom. The largest absolute Gasteiger partial charge is 0.385 e. The molecule has 1 N–H and O–H groups in total. The molecular formula is C15H20ClNO2. The molecule has 3 nitrogen and oxygen atoms in total. The van der Waals surface area contributed by atoms with Crippen molar-refractivity contribution in [2.24, 2.45) is 5.92 Å². The Labute approximate surface area is 119 Å². The Kier molecular flexibility index (Phi) is 4.16. The van der Waals surface area contributed by atoms with E-state index in [4.69, 9.17) is 11.6 Å². The highest BCUT2D eigenvalue weighted by Gasteiger charge is 2.35. The highest BCUT2D eigenvalue weighted by molar-refractivity contribution is 6.30. The molecule has 2 rings (SSSR count). The van der Waals surface area contributed by atoms with Crippen LogP contribution in [0.1, 0.15) is 32.3 Å². The maximum Gasteiger partial charge on any atom is 0.225 e. The summed E-state index contributed by atoms with van der Waals surface area (Å²) in [4.78, 5) is 13.8. The van der Waals surface area contributed by atoms with Gasteiger partial charge in [-0.3, -0.25) is 4.79 Å². The van der Waals surface area contributed by atoms with Gasteiger partial charge in [0.05, 0.1) is 5.60 Å². The molecule has 1 heterocycles. The number of amides is 1. The minimum absolute atomic E-state index is 0.0155. The number of carbonyl (C=O) groups is 1. The van der Waals surface area contributed by atoms with Gasteiger partial charge >= 0.3 is 0 Å². The minimum atomic E-state index is -0.835. The van der Waals surface area contributed by atoms with Crippen molar-refractivity contribution in [3.8, 4) is 0 Å². The van der Waals surface area contributed by atoms with Crippen LogP contribution < -0.4 is 0 Å². The van der Waals surface area contributed by atoms with Crippen molar-refractivity contribution < 1.29 is 9.90 Å². The van der Waals surface area contributed by atoms with Gasteiger partial charge in [-0.25, -0.2) is 0 Å². The average Bonchev–Trinajstić information content (AvgIpc) is 2.39. The molecule has 19 heavy (non-hydrogen) atoms. The Morgan fingerprint density at radius 3 is 2.26 bits per heavy atom. The molecule has 0 saturated carbocycles. The molecule has 1 aromatic rings. The smallest absolute Gasteiger partial charge is 0.225 e. The van der Waals surface area contributed by atoms with Crippen LogP contribution in [0.25, 0.3) is 0 Å². The lowest BCUT2D eigenvalue weighted by atomic mass is 9.84. The van der Waals surface area contributed by atoms with Gasteiger partial charge in [0.25, 0.3) is 0 Å². The Morgan fingerprint density at radius 1 is 1.26 bits per heavy atom. The number of carbonyl (C=O) groups excluding carboxylic acids is 1. The van der Waals surface area contributed by atoms with Crippen LogP contribution in [0.2, 0.25) is 5.02 Å². The molecule has 0 spiro atoms. The van der Waals surface area contributed by atoms with Gasteiger partial charge in [0, 0.05) is 24.0 Å². The molecule has 0 unspecified atom stereocenters. The summed E-state index contributed by atoms with van der Waals surface area (Å²) < 4.78 is 0. The Hall–Kier alpha value is -1.06. The van der Waals surface area contributed by atoms with Crippen molar-refractivity contribution in [3.63, 3.8) is 0 Å². The summed E-state index contributed by atoms with van der Waals surface area (Å²) in [5.41, 5.74) is 0.0479. The van der Waals surface area contributed by atoms with Gasteiger partial charge < -0.3 is 10.0 Å². The molecule has 0 bridgehead atoms. The van der Waals surface area contributed by atoms with E-state index < -0.39 is 5.60 Å². The van der Waals surface area contributed by atoms with E-state index in [0.29, 0.717) is 31.0 Å². The number of hydrogen-bond donors (Lipinski definition) is 1. The zero-order valence-corrected chi connectivity index (χ0v) is 12.2. The van der Waals surface area contributed by atoms with Crippen LogP contribution in [0.4, 0.5) is 0 Å². The Balaban J connectivity index is 2.06. The van der Waals surface area contributed by atoms with Gasteiger partial charge in [0.2, 0.25) is 5.91 Å². The van der Waals surface area contributed by atoms with E-state index in [1.807, 2.05) is 30.9 Å². The highest BCUT2D eigenvalue weighted by Crippen LogP contribution is 2.33. The average molecular weight is 282 g/mol. The lowest BCUT2D eigenvalue weighted by Crippen LogP contribution is -2.46. The summed E-state index contributed by atoms with van der Waals surface area (Å²) >= 11 is 5.86. The van der Waals surface area contributed by atoms with Crippen LogP contribution >= 0.6 is 11.6 Å². The first kappa shape index (κ1) is 14.4. The second-order valence-corrected chi connectivity index (χ2v) is 5.95. The topological polar surface area (TPSA) is 40.5 Å². The van der Waals surface area contributed by atoms with Crippen molar-refractivity contribution in [1.82, 2.24) is 4.90 Å². The van der Waals surface area contributed by atoms with Crippen LogP contribution in [0, 0.1) is 5.92 Å². The van der Waals surface area contributed by atoms with E-state index in [-0.39, 0.29) is 11.8 Å². The molecular weight excluding hydrogens is 262 g/mol. The standard InChI is InChI=1S/C15H20ClNO2/c1-11(2)14(18)17-9-7-15(19,8-10-17)12-3-5-13(16)6-4-12/h3-6,11,19H,7-10H2,1-2H3. The third-order valence-corrected chi connectivity index (χ3v) is 4.03. The van der Waals surface area contributed by atoms with Crippen molar-refractivity contribution in [2.75, 3.05) is 13.1 Å². The van der Waals surface area contributed by atoms with Crippen molar-refractivity contribution >= 4 is 17.5 Å². The van der Waals surface area contributed by atoms with Crippen molar-refractivity contribution in [2.45, 2.75) is 32.3 Å². The van der Waals surface area contributed by atoms with Crippen LogP contribution in [-0.4, -0.2) is 29.0 Å². The quantitative estimate of drug-likeness (QED) is 0.906. The summed E-state index contributed by atoms with van der Waals surface area (Å²) in [5, 5.41) is 11.4. The van der Waals surface area contributed by atoms with E-state index in [9.17, 15) is 9.90 Å². The minimum Gasteiger partial charge on any atom is -0.385 e. The SMILES string of the molecule is CC(C)C(=O)N1CCC(O)(c2ccc(Cl)cc2)CC1. The van der Waals surface area contributed by atoms with Crippen LogP contribution in [0.3, 0.4) is 0 Å². The fourth-order valence-electron chi connectivity index (χ4n) is 2.51. The second-order valence-electron chi connectivity index (χ2n) is 5.52. The molecule has 1 aromatic carbocycles. The molecule has 1 amide bonds. The van der Waals surface area contributed by atoms with E-state index >= 15 is 0 Å². The lowest BCUT2D eigenvalue weighted by Gasteiger charge is -2.39. The van der Waals surface area contributed by atoms with Gasteiger partial charge in [-0.05, 0) is 30.5 Å². The number of benzene rings is 1. The summed E-state index contributed by atoms with van der Waals surface area (Å²) in [7, 11) is 0. The molecule has 0 aliphatic carbocycles.